The second kappa shape index (κ2) is 6.70. The summed E-state index contributed by atoms with van der Waals surface area (Å²) in [5.41, 5.74) is 7.84. The van der Waals surface area contributed by atoms with E-state index in [0.717, 1.165) is 18.5 Å². The zero-order valence-corrected chi connectivity index (χ0v) is 12.1. The van der Waals surface area contributed by atoms with E-state index < -0.39 is 0 Å². The zero-order valence-electron chi connectivity index (χ0n) is 11.3. The number of carbonyl (C=O) groups is 1. The monoisotopic (exact) mass is 279 g/mol. The average molecular weight is 279 g/mol. The van der Waals surface area contributed by atoms with E-state index in [9.17, 15) is 4.79 Å². The van der Waals surface area contributed by atoms with Gasteiger partial charge in [0, 0.05) is 17.8 Å². The lowest BCUT2D eigenvalue weighted by molar-refractivity contribution is -0.121. The van der Waals surface area contributed by atoms with Crippen LogP contribution in [0.15, 0.2) is 17.0 Å². The molecule has 1 atom stereocenters. The number of nitrogen functional groups attached to an aromatic ring is 1. The van der Waals surface area contributed by atoms with Crippen molar-refractivity contribution in [2.24, 2.45) is 0 Å². The van der Waals surface area contributed by atoms with Crippen molar-refractivity contribution >= 4 is 22.4 Å². The minimum absolute atomic E-state index is 0.0885. The molecule has 1 aromatic rings. The summed E-state index contributed by atoms with van der Waals surface area (Å²) in [5, 5.41) is 5.54. The van der Waals surface area contributed by atoms with Gasteiger partial charge < -0.3 is 11.1 Å². The number of allylic oxidation sites excluding steroid dienone is 1. The highest BCUT2D eigenvalue weighted by Gasteiger charge is 2.14. The summed E-state index contributed by atoms with van der Waals surface area (Å²) in [6.45, 7) is 2.07. The van der Waals surface area contributed by atoms with Crippen molar-refractivity contribution in [3.05, 3.63) is 22.7 Å². The topological polar surface area (TPSA) is 68.0 Å². The lowest BCUT2D eigenvalue weighted by atomic mass is 9.94. The maximum absolute atomic E-state index is 11.9. The second-order valence-corrected chi connectivity index (χ2v) is 5.88. The SMILES string of the molecule is C[C@@H](NC(=O)CCc1csc(N)n1)C1=CCCCC1. The van der Waals surface area contributed by atoms with Crippen molar-refractivity contribution in [2.75, 3.05) is 5.73 Å². The van der Waals surface area contributed by atoms with Crippen molar-refractivity contribution in [2.45, 2.75) is 51.5 Å². The third-order valence-electron chi connectivity index (χ3n) is 3.44. The van der Waals surface area contributed by atoms with Gasteiger partial charge in [-0.15, -0.1) is 11.3 Å². The smallest absolute Gasteiger partial charge is 0.220 e. The quantitative estimate of drug-likeness (QED) is 0.814. The van der Waals surface area contributed by atoms with Crippen LogP contribution in [0, 0.1) is 0 Å². The molecule has 104 valence electrons. The maximum atomic E-state index is 11.9. The average Bonchev–Trinajstić information content (AvgIpc) is 2.83. The molecule has 0 aromatic carbocycles. The lowest BCUT2D eigenvalue weighted by Crippen LogP contribution is -2.34. The number of nitrogens with two attached hydrogens (primary N) is 1. The van der Waals surface area contributed by atoms with Crippen LogP contribution in [0.1, 0.15) is 44.7 Å². The summed E-state index contributed by atoms with van der Waals surface area (Å²) >= 11 is 1.42. The fourth-order valence-electron chi connectivity index (χ4n) is 2.34. The Balaban J connectivity index is 1.76. The van der Waals surface area contributed by atoms with E-state index in [1.54, 1.807) is 0 Å². The number of rotatable bonds is 5. The van der Waals surface area contributed by atoms with Crippen molar-refractivity contribution in [3.63, 3.8) is 0 Å². The molecule has 0 radical (unpaired) electrons. The number of hydrogen-bond donors (Lipinski definition) is 2. The molecule has 2 rings (SSSR count). The van der Waals surface area contributed by atoms with Crippen LogP contribution in [0.4, 0.5) is 5.13 Å². The van der Waals surface area contributed by atoms with E-state index in [1.165, 1.54) is 29.8 Å². The molecule has 0 bridgehead atoms. The summed E-state index contributed by atoms with van der Waals surface area (Å²) in [4.78, 5) is 16.0. The highest BCUT2D eigenvalue weighted by Crippen LogP contribution is 2.20. The summed E-state index contributed by atoms with van der Waals surface area (Å²) < 4.78 is 0. The first-order chi connectivity index (χ1) is 9.15. The van der Waals surface area contributed by atoms with Gasteiger partial charge in [-0.2, -0.15) is 0 Å². The molecule has 1 aliphatic carbocycles. The Hall–Kier alpha value is -1.36. The van der Waals surface area contributed by atoms with Gasteiger partial charge in [-0.1, -0.05) is 11.6 Å². The van der Waals surface area contributed by atoms with Gasteiger partial charge in [-0.3, -0.25) is 4.79 Å². The predicted octanol–water partition coefficient (Wildman–Crippen LogP) is 2.66. The van der Waals surface area contributed by atoms with Crippen molar-refractivity contribution in [1.29, 1.82) is 0 Å². The van der Waals surface area contributed by atoms with Crippen LogP contribution < -0.4 is 11.1 Å². The van der Waals surface area contributed by atoms with Gasteiger partial charge in [0.2, 0.25) is 5.91 Å². The van der Waals surface area contributed by atoms with Gasteiger partial charge in [-0.25, -0.2) is 4.98 Å². The van der Waals surface area contributed by atoms with Crippen LogP contribution in [0.2, 0.25) is 0 Å². The van der Waals surface area contributed by atoms with Gasteiger partial charge >= 0.3 is 0 Å². The Morgan fingerprint density at radius 1 is 1.58 bits per heavy atom. The van der Waals surface area contributed by atoms with Crippen LogP contribution >= 0.6 is 11.3 Å². The summed E-state index contributed by atoms with van der Waals surface area (Å²) in [6.07, 6.45) is 8.18. The van der Waals surface area contributed by atoms with Crippen molar-refractivity contribution in [1.82, 2.24) is 10.3 Å². The lowest BCUT2D eigenvalue weighted by Gasteiger charge is -2.20. The molecular formula is C14H21N3OS. The number of carbonyl (C=O) groups excluding carboxylic acids is 1. The number of hydrogen-bond acceptors (Lipinski definition) is 4. The van der Waals surface area contributed by atoms with Crippen molar-refractivity contribution in [3.8, 4) is 0 Å². The van der Waals surface area contributed by atoms with Crippen LogP contribution in [0.3, 0.4) is 0 Å². The third-order valence-corrected chi connectivity index (χ3v) is 4.16. The summed E-state index contributed by atoms with van der Waals surface area (Å²) in [6, 6.07) is 0.160. The zero-order chi connectivity index (χ0) is 13.7. The van der Waals surface area contributed by atoms with E-state index in [4.69, 9.17) is 5.73 Å². The van der Waals surface area contributed by atoms with Crippen LogP contribution in [0.5, 0.6) is 0 Å². The fraction of sp³-hybridized carbons (Fsp3) is 0.571. The Morgan fingerprint density at radius 2 is 2.42 bits per heavy atom. The maximum Gasteiger partial charge on any atom is 0.220 e. The molecule has 1 aromatic heterocycles. The normalized spacial score (nSPS) is 16.8. The molecule has 1 heterocycles. The fourth-order valence-corrected chi connectivity index (χ4v) is 2.94. The van der Waals surface area contributed by atoms with Gasteiger partial charge in [0.25, 0.3) is 0 Å². The minimum atomic E-state index is 0.0885. The third kappa shape index (κ3) is 4.35. The standard InChI is InChI=1S/C14H21N3OS/c1-10(11-5-3-2-4-6-11)16-13(18)8-7-12-9-19-14(15)17-12/h5,9-10H,2-4,6-8H2,1H3,(H2,15,17)(H,16,18)/t10-/m1/s1. The van der Waals surface area contributed by atoms with Crippen LogP contribution in [-0.2, 0) is 11.2 Å². The highest BCUT2D eigenvalue weighted by atomic mass is 32.1. The van der Waals surface area contributed by atoms with E-state index in [1.807, 2.05) is 5.38 Å². The van der Waals surface area contributed by atoms with Crippen molar-refractivity contribution < 1.29 is 4.79 Å². The number of amides is 1. The molecule has 1 amide bonds. The number of aromatic nitrogens is 1. The molecule has 3 N–H and O–H groups in total. The highest BCUT2D eigenvalue weighted by molar-refractivity contribution is 7.13. The van der Waals surface area contributed by atoms with Crippen LogP contribution in [-0.4, -0.2) is 16.9 Å². The molecule has 0 aliphatic heterocycles. The first-order valence-corrected chi connectivity index (χ1v) is 7.71. The molecule has 0 spiro atoms. The van der Waals surface area contributed by atoms with Gasteiger partial charge in [0.1, 0.15) is 0 Å². The molecule has 0 saturated heterocycles. The van der Waals surface area contributed by atoms with E-state index >= 15 is 0 Å². The molecular weight excluding hydrogens is 258 g/mol. The predicted molar refractivity (Wildman–Crippen MR) is 79.0 cm³/mol. The Labute approximate surface area is 118 Å². The summed E-state index contributed by atoms with van der Waals surface area (Å²) in [5.74, 6) is 0.0885. The Bertz CT molecular complexity index is 467. The van der Waals surface area contributed by atoms with Gasteiger partial charge in [0.15, 0.2) is 5.13 Å². The minimum Gasteiger partial charge on any atom is -0.375 e. The van der Waals surface area contributed by atoms with Crippen LogP contribution in [0.25, 0.3) is 0 Å². The number of thiazole rings is 1. The summed E-state index contributed by atoms with van der Waals surface area (Å²) in [7, 11) is 0. The second-order valence-electron chi connectivity index (χ2n) is 4.99. The first kappa shape index (κ1) is 14.1. The number of nitrogens with zero attached hydrogens (tertiary/aromatic N) is 1. The number of nitrogens with one attached hydrogen (secondary N) is 1. The molecule has 1 aliphatic rings. The van der Waals surface area contributed by atoms with Gasteiger partial charge in [-0.05, 0) is 39.0 Å². The number of aryl methyl sites for hydroxylation is 1. The Morgan fingerprint density at radius 3 is 3.05 bits per heavy atom. The van der Waals surface area contributed by atoms with Gasteiger partial charge in [0.05, 0.1) is 5.69 Å². The van der Waals surface area contributed by atoms with E-state index in [-0.39, 0.29) is 11.9 Å². The Kier molecular flexibility index (Phi) is 4.96. The molecule has 0 fully saturated rings. The molecule has 0 saturated carbocycles. The molecule has 5 heteroatoms. The van der Waals surface area contributed by atoms with E-state index in [2.05, 4.69) is 23.3 Å². The molecule has 0 unspecified atom stereocenters. The molecule has 19 heavy (non-hydrogen) atoms. The largest absolute Gasteiger partial charge is 0.375 e. The first-order valence-electron chi connectivity index (χ1n) is 6.83. The number of anilines is 1. The van der Waals surface area contributed by atoms with E-state index in [0.29, 0.717) is 18.0 Å². The molecule has 4 nitrogen and oxygen atoms in total.